The number of aryl methyl sites for hydroxylation is 3. The third-order valence-corrected chi connectivity index (χ3v) is 4.68. The van der Waals surface area contributed by atoms with Gasteiger partial charge in [-0.2, -0.15) is 10.2 Å². The van der Waals surface area contributed by atoms with Crippen LogP contribution in [0.15, 0.2) is 23.0 Å². The van der Waals surface area contributed by atoms with E-state index in [0.29, 0.717) is 5.69 Å². The average molecular weight is 329 g/mol. The molecule has 0 radical (unpaired) electrons. The minimum absolute atomic E-state index is 0.0583. The largest absolute Gasteiger partial charge is 0.348 e. The van der Waals surface area contributed by atoms with Gasteiger partial charge in [-0.1, -0.05) is 0 Å². The Morgan fingerprint density at radius 2 is 1.88 bits per heavy atom. The van der Waals surface area contributed by atoms with Crippen molar-refractivity contribution in [2.45, 2.75) is 51.6 Å². The number of carbonyl (C=O) groups is 1. The summed E-state index contributed by atoms with van der Waals surface area (Å²) in [6.07, 6.45) is 3.35. The fraction of sp³-hybridized carbons (Fsp3) is 0.529. The lowest BCUT2D eigenvalue weighted by atomic mass is 9.91. The van der Waals surface area contributed by atoms with Crippen LogP contribution in [0.5, 0.6) is 0 Å². The first-order chi connectivity index (χ1) is 11.4. The molecule has 128 valence electrons. The van der Waals surface area contributed by atoms with Crippen molar-refractivity contribution in [3.63, 3.8) is 0 Å². The van der Waals surface area contributed by atoms with Crippen LogP contribution in [0, 0.1) is 13.8 Å². The minimum Gasteiger partial charge on any atom is -0.348 e. The van der Waals surface area contributed by atoms with Crippen LogP contribution in [0.25, 0.3) is 0 Å². The SMILES string of the molecule is Cc1ccc(=O)n(C2CCC(NC(=O)c3cc(C)n(C)n3)CC2)n1. The Hall–Kier alpha value is -2.44. The number of nitrogens with zero attached hydrogens (tertiary/aromatic N) is 4. The zero-order valence-electron chi connectivity index (χ0n) is 14.3. The lowest BCUT2D eigenvalue weighted by Gasteiger charge is -2.29. The maximum Gasteiger partial charge on any atom is 0.272 e. The average Bonchev–Trinajstić information content (AvgIpc) is 2.90. The molecule has 0 saturated heterocycles. The fourth-order valence-corrected chi connectivity index (χ4v) is 3.18. The Morgan fingerprint density at radius 3 is 2.50 bits per heavy atom. The van der Waals surface area contributed by atoms with Crippen LogP contribution in [0.3, 0.4) is 0 Å². The second-order valence-electron chi connectivity index (χ2n) is 6.53. The van der Waals surface area contributed by atoms with Gasteiger partial charge in [0.25, 0.3) is 11.5 Å². The van der Waals surface area contributed by atoms with E-state index < -0.39 is 0 Å². The van der Waals surface area contributed by atoms with Crippen molar-refractivity contribution in [3.8, 4) is 0 Å². The summed E-state index contributed by atoms with van der Waals surface area (Å²) in [4.78, 5) is 24.2. The lowest BCUT2D eigenvalue weighted by Crippen LogP contribution is -2.39. The first-order valence-electron chi connectivity index (χ1n) is 8.32. The van der Waals surface area contributed by atoms with Gasteiger partial charge in [0.2, 0.25) is 0 Å². The summed E-state index contributed by atoms with van der Waals surface area (Å²) in [5.41, 5.74) is 2.19. The van der Waals surface area contributed by atoms with E-state index in [-0.39, 0.29) is 23.6 Å². The number of nitrogens with one attached hydrogen (secondary N) is 1. The molecule has 0 bridgehead atoms. The smallest absolute Gasteiger partial charge is 0.272 e. The molecule has 1 saturated carbocycles. The van der Waals surface area contributed by atoms with Crippen molar-refractivity contribution in [1.29, 1.82) is 0 Å². The van der Waals surface area contributed by atoms with Gasteiger partial charge in [0, 0.05) is 24.8 Å². The van der Waals surface area contributed by atoms with Gasteiger partial charge < -0.3 is 5.32 Å². The van der Waals surface area contributed by atoms with Gasteiger partial charge in [-0.25, -0.2) is 4.68 Å². The summed E-state index contributed by atoms with van der Waals surface area (Å²) < 4.78 is 3.29. The van der Waals surface area contributed by atoms with Crippen LogP contribution in [-0.4, -0.2) is 31.5 Å². The zero-order valence-corrected chi connectivity index (χ0v) is 14.3. The molecule has 3 rings (SSSR count). The highest BCUT2D eigenvalue weighted by atomic mass is 16.2. The van der Waals surface area contributed by atoms with Crippen molar-refractivity contribution >= 4 is 5.91 Å². The molecule has 0 spiro atoms. The van der Waals surface area contributed by atoms with Crippen molar-refractivity contribution < 1.29 is 4.79 Å². The molecule has 2 aromatic heterocycles. The molecule has 0 aliphatic heterocycles. The normalized spacial score (nSPS) is 20.8. The summed E-state index contributed by atoms with van der Waals surface area (Å²) >= 11 is 0. The highest BCUT2D eigenvalue weighted by molar-refractivity contribution is 5.92. The zero-order chi connectivity index (χ0) is 17.3. The monoisotopic (exact) mass is 329 g/mol. The molecule has 1 aliphatic carbocycles. The Kier molecular flexibility index (Phi) is 4.51. The second kappa shape index (κ2) is 6.59. The van der Waals surface area contributed by atoms with Crippen LogP contribution < -0.4 is 10.9 Å². The highest BCUT2D eigenvalue weighted by Gasteiger charge is 2.25. The van der Waals surface area contributed by atoms with Crippen LogP contribution in [-0.2, 0) is 7.05 Å². The summed E-state index contributed by atoms with van der Waals surface area (Å²) in [7, 11) is 1.82. The highest BCUT2D eigenvalue weighted by Crippen LogP contribution is 2.27. The van der Waals surface area contributed by atoms with Gasteiger partial charge in [-0.05, 0) is 51.7 Å². The molecule has 1 amide bonds. The minimum atomic E-state index is -0.131. The Morgan fingerprint density at radius 1 is 1.17 bits per heavy atom. The van der Waals surface area contributed by atoms with Crippen LogP contribution in [0.1, 0.15) is 53.6 Å². The topological polar surface area (TPSA) is 81.8 Å². The second-order valence-corrected chi connectivity index (χ2v) is 6.53. The molecule has 2 aromatic rings. The van der Waals surface area contributed by atoms with Crippen LogP contribution >= 0.6 is 0 Å². The van der Waals surface area contributed by atoms with Gasteiger partial charge in [-0.3, -0.25) is 14.3 Å². The molecule has 7 nitrogen and oxygen atoms in total. The number of amides is 1. The number of hydrogen-bond acceptors (Lipinski definition) is 4. The first kappa shape index (κ1) is 16.4. The van der Waals surface area contributed by atoms with E-state index >= 15 is 0 Å². The fourth-order valence-electron chi connectivity index (χ4n) is 3.18. The van der Waals surface area contributed by atoms with Gasteiger partial charge in [0.1, 0.15) is 5.69 Å². The van der Waals surface area contributed by atoms with E-state index in [9.17, 15) is 9.59 Å². The Balaban J connectivity index is 1.60. The third kappa shape index (κ3) is 3.39. The molecule has 7 heteroatoms. The number of carbonyl (C=O) groups excluding carboxylic acids is 1. The number of hydrogen-bond donors (Lipinski definition) is 1. The molecular formula is C17H23N5O2. The van der Waals surface area contributed by atoms with E-state index in [1.54, 1.807) is 27.6 Å². The molecule has 1 N–H and O–H groups in total. The van der Waals surface area contributed by atoms with Crippen molar-refractivity contribution in [3.05, 3.63) is 45.6 Å². The molecule has 0 unspecified atom stereocenters. The molecule has 0 atom stereocenters. The maximum absolute atomic E-state index is 12.3. The van der Waals surface area contributed by atoms with E-state index in [1.807, 2.05) is 20.9 Å². The van der Waals surface area contributed by atoms with Gasteiger partial charge >= 0.3 is 0 Å². The lowest BCUT2D eigenvalue weighted by molar-refractivity contribution is 0.0915. The molecule has 1 fully saturated rings. The molecule has 2 heterocycles. The van der Waals surface area contributed by atoms with Gasteiger partial charge in [0.05, 0.1) is 11.7 Å². The third-order valence-electron chi connectivity index (χ3n) is 4.68. The predicted octanol–water partition coefficient (Wildman–Crippen LogP) is 1.51. The molecule has 1 aliphatic rings. The maximum atomic E-state index is 12.3. The van der Waals surface area contributed by atoms with Crippen LogP contribution in [0.2, 0.25) is 0 Å². The standard InChI is InChI=1S/C17H23N5O2/c1-11-4-9-16(23)22(19-11)14-7-5-13(6-8-14)18-17(24)15-10-12(2)21(3)20-15/h4,9-10,13-14H,5-8H2,1-3H3,(H,18,24). The summed E-state index contributed by atoms with van der Waals surface area (Å²) in [6, 6.07) is 5.33. The molecule has 24 heavy (non-hydrogen) atoms. The molecule has 0 aromatic carbocycles. The predicted molar refractivity (Wildman–Crippen MR) is 89.9 cm³/mol. The van der Waals surface area contributed by atoms with E-state index in [0.717, 1.165) is 37.1 Å². The molecular weight excluding hydrogens is 306 g/mol. The summed E-state index contributed by atoms with van der Waals surface area (Å²) in [5, 5.41) is 11.6. The quantitative estimate of drug-likeness (QED) is 0.925. The number of aromatic nitrogens is 4. The summed E-state index contributed by atoms with van der Waals surface area (Å²) in [5.74, 6) is -0.131. The van der Waals surface area contributed by atoms with Crippen molar-refractivity contribution in [2.24, 2.45) is 7.05 Å². The van der Waals surface area contributed by atoms with Crippen molar-refractivity contribution in [2.75, 3.05) is 0 Å². The Labute approximate surface area is 140 Å². The summed E-state index contributed by atoms with van der Waals surface area (Å²) in [6.45, 7) is 3.80. The van der Waals surface area contributed by atoms with Gasteiger partial charge in [0.15, 0.2) is 0 Å². The van der Waals surface area contributed by atoms with Crippen LogP contribution in [0.4, 0.5) is 0 Å². The van der Waals surface area contributed by atoms with E-state index in [1.165, 1.54) is 0 Å². The Bertz CT molecular complexity index is 780. The van der Waals surface area contributed by atoms with E-state index in [2.05, 4.69) is 15.5 Å². The first-order valence-corrected chi connectivity index (χ1v) is 8.32. The van der Waals surface area contributed by atoms with Gasteiger partial charge in [-0.15, -0.1) is 0 Å². The number of rotatable bonds is 3. The van der Waals surface area contributed by atoms with E-state index in [4.69, 9.17) is 0 Å². The van der Waals surface area contributed by atoms with Crippen molar-refractivity contribution in [1.82, 2.24) is 24.9 Å².